The minimum atomic E-state index is -0.233. The molecular formula is C30H23FN2. The first kappa shape index (κ1) is 20.8. The number of nitrogens with zero attached hydrogens (tertiary/aromatic N) is 2. The molecule has 0 spiro atoms. The molecule has 0 atom stereocenters. The Labute approximate surface area is 193 Å². The van der Waals surface area contributed by atoms with Crippen LogP contribution in [0.5, 0.6) is 0 Å². The second-order valence-electron chi connectivity index (χ2n) is 8.18. The Morgan fingerprint density at radius 1 is 0.636 bits per heavy atom. The van der Waals surface area contributed by atoms with Crippen LogP contribution in [0.2, 0.25) is 0 Å². The molecule has 0 fully saturated rings. The van der Waals surface area contributed by atoms with E-state index >= 15 is 0 Å². The molecule has 5 aromatic rings. The number of halogens is 1. The molecule has 0 radical (unpaired) electrons. The average molecular weight is 431 g/mol. The van der Waals surface area contributed by atoms with Crippen LogP contribution in [0, 0.1) is 12.7 Å². The van der Waals surface area contributed by atoms with E-state index in [1.54, 1.807) is 12.1 Å². The largest absolute Gasteiger partial charge is 0.256 e. The first-order valence-corrected chi connectivity index (χ1v) is 11.0. The molecule has 33 heavy (non-hydrogen) atoms. The van der Waals surface area contributed by atoms with Crippen LogP contribution in [0.15, 0.2) is 109 Å². The Morgan fingerprint density at radius 3 is 1.97 bits per heavy atom. The molecule has 0 aliphatic heterocycles. The molecular weight excluding hydrogens is 407 g/mol. The maximum Gasteiger partial charge on any atom is 0.123 e. The molecule has 2 aromatic heterocycles. The molecule has 0 saturated heterocycles. The molecule has 0 bridgehead atoms. The van der Waals surface area contributed by atoms with E-state index in [1.165, 1.54) is 23.3 Å². The lowest BCUT2D eigenvalue weighted by atomic mass is 9.97. The van der Waals surface area contributed by atoms with Gasteiger partial charge in [0.25, 0.3) is 0 Å². The third-order valence-corrected chi connectivity index (χ3v) is 5.78. The summed E-state index contributed by atoms with van der Waals surface area (Å²) in [4.78, 5) is 9.17. The molecule has 0 saturated carbocycles. The maximum atomic E-state index is 13.3. The molecule has 3 heteroatoms. The highest BCUT2D eigenvalue weighted by molar-refractivity contribution is 5.70. The van der Waals surface area contributed by atoms with Gasteiger partial charge in [0, 0.05) is 29.1 Å². The maximum absolute atomic E-state index is 13.3. The van der Waals surface area contributed by atoms with Gasteiger partial charge >= 0.3 is 0 Å². The van der Waals surface area contributed by atoms with E-state index in [2.05, 4.69) is 66.5 Å². The quantitative estimate of drug-likeness (QED) is 0.288. The monoisotopic (exact) mass is 430 g/mol. The van der Waals surface area contributed by atoms with Gasteiger partial charge in [-0.3, -0.25) is 9.97 Å². The Hall–Kier alpha value is -4.11. The molecule has 0 unspecified atom stereocenters. The molecule has 2 nitrogen and oxygen atoms in total. The van der Waals surface area contributed by atoms with Gasteiger partial charge in [-0.2, -0.15) is 0 Å². The van der Waals surface area contributed by atoms with Crippen LogP contribution >= 0.6 is 0 Å². The van der Waals surface area contributed by atoms with Crippen molar-refractivity contribution in [3.8, 4) is 33.6 Å². The zero-order valence-electron chi connectivity index (χ0n) is 18.4. The van der Waals surface area contributed by atoms with Crippen molar-refractivity contribution in [1.82, 2.24) is 9.97 Å². The summed E-state index contributed by atoms with van der Waals surface area (Å²) in [6.07, 6.45) is 4.53. The van der Waals surface area contributed by atoms with Crippen molar-refractivity contribution in [3.63, 3.8) is 0 Å². The molecule has 160 valence electrons. The van der Waals surface area contributed by atoms with Gasteiger partial charge in [0.15, 0.2) is 0 Å². The van der Waals surface area contributed by atoms with E-state index in [1.807, 2.05) is 30.6 Å². The van der Waals surface area contributed by atoms with Crippen molar-refractivity contribution in [2.45, 2.75) is 13.3 Å². The summed E-state index contributed by atoms with van der Waals surface area (Å²) >= 11 is 0. The summed E-state index contributed by atoms with van der Waals surface area (Å²) in [5, 5.41) is 0. The van der Waals surface area contributed by atoms with E-state index in [9.17, 15) is 4.39 Å². The first-order valence-electron chi connectivity index (χ1n) is 11.0. The van der Waals surface area contributed by atoms with Gasteiger partial charge in [0.05, 0.1) is 11.4 Å². The highest BCUT2D eigenvalue weighted by Gasteiger charge is 2.08. The summed E-state index contributed by atoms with van der Waals surface area (Å²) in [5.41, 5.74) is 9.69. The lowest BCUT2D eigenvalue weighted by Gasteiger charge is -2.10. The van der Waals surface area contributed by atoms with Gasteiger partial charge in [-0.05, 0) is 78.1 Å². The molecule has 0 aliphatic carbocycles. The van der Waals surface area contributed by atoms with E-state index in [0.29, 0.717) is 0 Å². The van der Waals surface area contributed by atoms with Crippen molar-refractivity contribution < 1.29 is 4.39 Å². The second kappa shape index (κ2) is 9.17. The predicted octanol–water partition coefficient (Wildman–Crippen LogP) is 7.52. The average Bonchev–Trinajstić information content (AvgIpc) is 2.86. The van der Waals surface area contributed by atoms with Crippen molar-refractivity contribution in [1.29, 1.82) is 0 Å². The van der Waals surface area contributed by atoms with Crippen LogP contribution in [-0.2, 0) is 6.42 Å². The summed E-state index contributed by atoms with van der Waals surface area (Å²) in [5.74, 6) is -0.233. The van der Waals surface area contributed by atoms with Crippen LogP contribution in [0.1, 0.15) is 16.7 Å². The van der Waals surface area contributed by atoms with Crippen molar-refractivity contribution in [3.05, 3.63) is 132 Å². The fourth-order valence-electron chi connectivity index (χ4n) is 4.10. The SMILES string of the molecule is Cc1cc(-c2cccc(Cc3cccc(-c4ccccn4)c3)c2)ncc1-c1ccc(F)cc1. The number of rotatable bonds is 5. The lowest BCUT2D eigenvalue weighted by Crippen LogP contribution is -1.93. The number of aryl methyl sites for hydroxylation is 1. The van der Waals surface area contributed by atoms with Gasteiger partial charge in [-0.1, -0.05) is 54.6 Å². The fraction of sp³-hybridized carbons (Fsp3) is 0.0667. The highest BCUT2D eigenvalue weighted by atomic mass is 19.1. The normalized spacial score (nSPS) is 10.8. The molecule has 3 aromatic carbocycles. The number of hydrogen-bond acceptors (Lipinski definition) is 2. The minimum Gasteiger partial charge on any atom is -0.256 e. The topological polar surface area (TPSA) is 25.8 Å². The van der Waals surface area contributed by atoms with Crippen LogP contribution in [0.3, 0.4) is 0 Å². The first-order chi connectivity index (χ1) is 16.2. The molecule has 2 heterocycles. The van der Waals surface area contributed by atoms with Crippen molar-refractivity contribution in [2.75, 3.05) is 0 Å². The Kier molecular flexibility index (Phi) is 5.77. The minimum absolute atomic E-state index is 0.233. The Morgan fingerprint density at radius 2 is 1.33 bits per heavy atom. The summed E-state index contributed by atoms with van der Waals surface area (Å²) < 4.78 is 13.3. The third kappa shape index (κ3) is 4.73. The van der Waals surface area contributed by atoms with Crippen LogP contribution in [-0.4, -0.2) is 9.97 Å². The van der Waals surface area contributed by atoms with Gasteiger partial charge in [-0.15, -0.1) is 0 Å². The third-order valence-electron chi connectivity index (χ3n) is 5.78. The smallest absolute Gasteiger partial charge is 0.123 e. The lowest BCUT2D eigenvalue weighted by molar-refractivity contribution is 0.628. The van der Waals surface area contributed by atoms with Gasteiger partial charge in [0.1, 0.15) is 5.82 Å². The van der Waals surface area contributed by atoms with Crippen LogP contribution in [0.4, 0.5) is 4.39 Å². The fourth-order valence-corrected chi connectivity index (χ4v) is 4.10. The highest BCUT2D eigenvalue weighted by Crippen LogP contribution is 2.28. The summed E-state index contributed by atoms with van der Waals surface area (Å²) in [6.45, 7) is 2.07. The Bertz CT molecular complexity index is 1390. The molecule has 0 N–H and O–H groups in total. The summed E-state index contributed by atoms with van der Waals surface area (Å²) in [6, 6.07) is 31.7. The zero-order valence-corrected chi connectivity index (χ0v) is 18.4. The second-order valence-corrected chi connectivity index (χ2v) is 8.18. The van der Waals surface area contributed by atoms with Gasteiger partial charge in [0.2, 0.25) is 0 Å². The molecule has 0 aliphatic rings. The number of aromatic nitrogens is 2. The van der Waals surface area contributed by atoms with E-state index in [0.717, 1.165) is 45.6 Å². The standard InChI is InChI=1S/C30H23FN2/c1-21-16-30(33-20-28(21)24-11-13-27(31)14-12-24)26-9-5-7-23(19-26)17-22-6-4-8-25(18-22)29-10-2-3-15-32-29/h2-16,18-20H,17H2,1H3. The zero-order chi connectivity index (χ0) is 22.6. The summed E-state index contributed by atoms with van der Waals surface area (Å²) in [7, 11) is 0. The number of pyridine rings is 2. The van der Waals surface area contributed by atoms with E-state index in [-0.39, 0.29) is 5.82 Å². The van der Waals surface area contributed by atoms with Crippen LogP contribution in [0.25, 0.3) is 33.6 Å². The molecule has 5 rings (SSSR count). The predicted molar refractivity (Wildman–Crippen MR) is 132 cm³/mol. The van der Waals surface area contributed by atoms with Gasteiger partial charge in [-0.25, -0.2) is 4.39 Å². The number of hydrogen-bond donors (Lipinski definition) is 0. The van der Waals surface area contributed by atoms with Gasteiger partial charge < -0.3 is 0 Å². The van der Waals surface area contributed by atoms with E-state index < -0.39 is 0 Å². The van der Waals surface area contributed by atoms with E-state index in [4.69, 9.17) is 4.98 Å². The van der Waals surface area contributed by atoms with Crippen molar-refractivity contribution in [2.24, 2.45) is 0 Å². The number of benzene rings is 3. The van der Waals surface area contributed by atoms with Crippen LogP contribution < -0.4 is 0 Å². The molecule has 0 amide bonds. The Balaban J connectivity index is 1.40. The van der Waals surface area contributed by atoms with Crippen molar-refractivity contribution >= 4 is 0 Å².